The Morgan fingerprint density at radius 2 is 2.19 bits per heavy atom. The minimum atomic E-state index is -0.301. The van der Waals surface area contributed by atoms with Crippen molar-refractivity contribution in [2.24, 2.45) is 5.92 Å². The Kier molecular flexibility index (Phi) is 6.33. The van der Waals surface area contributed by atoms with Gasteiger partial charge in [0.25, 0.3) is 5.91 Å². The molecule has 1 saturated carbocycles. The van der Waals surface area contributed by atoms with Crippen molar-refractivity contribution < 1.29 is 14.6 Å². The van der Waals surface area contributed by atoms with Gasteiger partial charge in [0.15, 0.2) is 6.61 Å². The van der Waals surface area contributed by atoms with Crippen LogP contribution >= 0.6 is 27.5 Å². The number of aliphatic hydroxyl groups excluding tert-OH is 1. The van der Waals surface area contributed by atoms with Crippen LogP contribution in [0.4, 0.5) is 0 Å². The predicted octanol–water partition coefficient (Wildman–Crippen LogP) is 3.15. The van der Waals surface area contributed by atoms with Crippen LogP contribution in [0.15, 0.2) is 22.7 Å². The molecule has 0 heterocycles. The van der Waals surface area contributed by atoms with Gasteiger partial charge in [-0.15, -0.1) is 0 Å². The van der Waals surface area contributed by atoms with Crippen molar-refractivity contribution in [2.75, 3.05) is 13.2 Å². The van der Waals surface area contributed by atoms with Crippen LogP contribution in [-0.2, 0) is 4.79 Å². The van der Waals surface area contributed by atoms with Gasteiger partial charge in [-0.05, 0) is 47.0 Å². The molecule has 1 fully saturated rings. The SMILES string of the molecule is O=C(COc1ccc(Cl)cc1Br)NCC1CCCCC1O. The molecule has 1 aliphatic rings. The second kappa shape index (κ2) is 8.01. The highest BCUT2D eigenvalue weighted by atomic mass is 79.9. The summed E-state index contributed by atoms with van der Waals surface area (Å²) in [5, 5.41) is 13.3. The standard InChI is InChI=1S/C15H19BrClNO3/c16-12-7-11(17)5-6-14(12)21-9-15(20)18-8-10-3-1-2-4-13(10)19/h5-7,10,13,19H,1-4,8-9H2,(H,18,20). The third-order valence-electron chi connectivity index (χ3n) is 3.68. The molecule has 1 aliphatic carbocycles. The van der Waals surface area contributed by atoms with Crippen molar-refractivity contribution in [3.8, 4) is 5.75 Å². The Balaban J connectivity index is 1.74. The molecule has 4 nitrogen and oxygen atoms in total. The van der Waals surface area contributed by atoms with Crippen LogP contribution in [0.25, 0.3) is 0 Å². The molecular formula is C15H19BrClNO3. The molecule has 0 aliphatic heterocycles. The van der Waals surface area contributed by atoms with Gasteiger partial charge in [0.1, 0.15) is 5.75 Å². The lowest BCUT2D eigenvalue weighted by atomic mass is 9.86. The lowest BCUT2D eigenvalue weighted by Crippen LogP contribution is -2.38. The summed E-state index contributed by atoms with van der Waals surface area (Å²) in [6.45, 7) is 0.453. The van der Waals surface area contributed by atoms with Crippen LogP contribution in [0.1, 0.15) is 25.7 Å². The minimum absolute atomic E-state index is 0.0525. The molecule has 116 valence electrons. The van der Waals surface area contributed by atoms with Crippen molar-refractivity contribution in [2.45, 2.75) is 31.8 Å². The van der Waals surface area contributed by atoms with Gasteiger partial charge in [-0.2, -0.15) is 0 Å². The molecule has 2 unspecified atom stereocenters. The van der Waals surface area contributed by atoms with Gasteiger partial charge in [-0.25, -0.2) is 0 Å². The molecule has 0 spiro atoms. The fourth-order valence-corrected chi connectivity index (χ4v) is 3.25. The number of amides is 1. The molecular weight excluding hydrogens is 358 g/mol. The number of hydrogen-bond acceptors (Lipinski definition) is 3. The first-order valence-electron chi connectivity index (χ1n) is 7.09. The molecule has 0 radical (unpaired) electrons. The monoisotopic (exact) mass is 375 g/mol. The van der Waals surface area contributed by atoms with Crippen LogP contribution in [-0.4, -0.2) is 30.3 Å². The topological polar surface area (TPSA) is 58.6 Å². The number of carbonyl (C=O) groups excluding carboxylic acids is 1. The van der Waals surface area contributed by atoms with Gasteiger partial charge in [-0.3, -0.25) is 4.79 Å². The maximum absolute atomic E-state index is 11.8. The normalized spacial score (nSPS) is 21.9. The maximum atomic E-state index is 11.8. The number of carbonyl (C=O) groups is 1. The van der Waals surface area contributed by atoms with Crippen LogP contribution in [0.5, 0.6) is 5.75 Å². The number of ether oxygens (including phenoxy) is 1. The number of nitrogens with one attached hydrogen (secondary N) is 1. The van der Waals surface area contributed by atoms with Crippen LogP contribution in [0.2, 0.25) is 5.02 Å². The predicted molar refractivity (Wildman–Crippen MR) is 85.6 cm³/mol. The van der Waals surface area contributed by atoms with E-state index in [1.807, 2.05) is 0 Å². The molecule has 6 heteroatoms. The van der Waals surface area contributed by atoms with Gasteiger partial charge in [-0.1, -0.05) is 24.4 Å². The largest absolute Gasteiger partial charge is 0.483 e. The first kappa shape index (κ1) is 16.6. The van der Waals surface area contributed by atoms with Gasteiger partial charge in [0, 0.05) is 17.5 Å². The molecule has 0 bridgehead atoms. The van der Waals surface area contributed by atoms with E-state index in [9.17, 15) is 9.90 Å². The van der Waals surface area contributed by atoms with Gasteiger partial charge < -0.3 is 15.2 Å². The molecule has 2 N–H and O–H groups in total. The number of aliphatic hydroxyl groups is 1. The molecule has 1 aromatic rings. The van der Waals surface area contributed by atoms with E-state index >= 15 is 0 Å². The molecule has 0 saturated heterocycles. The van der Waals surface area contributed by atoms with Crippen molar-refractivity contribution in [1.82, 2.24) is 5.32 Å². The number of benzene rings is 1. The van der Waals surface area contributed by atoms with E-state index in [4.69, 9.17) is 16.3 Å². The summed E-state index contributed by atoms with van der Waals surface area (Å²) in [7, 11) is 0. The average Bonchev–Trinajstić information content (AvgIpc) is 2.45. The first-order chi connectivity index (χ1) is 10.1. The summed E-state index contributed by atoms with van der Waals surface area (Å²) in [4.78, 5) is 11.8. The molecule has 1 amide bonds. The Bertz CT molecular complexity index is 498. The van der Waals surface area contributed by atoms with E-state index < -0.39 is 0 Å². The van der Waals surface area contributed by atoms with Gasteiger partial charge >= 0.3 is 0 Å². The van der Waals surface area contributed by atoms with E-state index in [0.29, 0.717) is 21.8 Å². The summed E-state index contributed by atoms with van der Waals surface area (Å²) in [6, 6.07) is 5.13. The lowest BCUT2D eigenvalue weighted by molar-refractivity contribution is -0.123. The highest BCUT2D eigenvalue weighted by Crippen LogP contribution is 2.28. The van der Waals surface area contributed by atoms with Crippen molar-refractivity contribution >= 4 is 33.4 Å². The number of halogens is 2. The average molecular weight is 377 g/mol. The van der Waals surface area contributed by atoms with E-state index in [2.05, 4.69) is 21.2 Å². The quantitative estimate of drug-likeness (QED) is 0.830. The third kappa shape index (κ3) is 5.16. The highest BCUT2D eigenvalue weighted by Gasteiger charge is 2.23. The smallest absolute Gasteiger partial charge is 0.257 e. The summed E-state index contributed by atoms with van der Waals surface area (Å²) >= 11 is 9.17. The summed E-state index contributed by atoms with van der Waals surface area (Å²) in [6.07, 6.45) is 3.68. The maximum Gasteiger partial charge on any atom is 0.257 e. The summed E-state index contributed by atoms with van der Waals surface area (Å²) in [5.41, 5.74) is 0. The van der Waals surface area contributed by atoms with Crippen LogP contribution in [0.3, 0.4) is 0 Å². The van der Waals surface area contributed by atoms with E-state index in [1.165, 1.54) is 0 Å². The molecule has 21 heavy (non-hydrogen) atoms. The number of rotatable bonds is 5. The highest BCUT2D eigenvalue weighted by molar-refractivity contribution is 9.10. The first-order valence-corrected chi connectivity index (χ1v) is 8.26. The van der Waals surface area contributed by atoms with Crippen LogP contribution < -0.4 is 10.1 Å². The summed E-state index contributed by atoms with van der Waals surface area (Å²) < 4.78 is 6.15. The third-order valence-corrected chi connectivity index (χ3v) is 4.54. The van der Waals surface area contributed by atoms with Crippen molar-refractivity contribution in [1.29, 1.82) is 0 Å². The zero-order valence-corrected chi connectivity index (χ0v) is 14.0. The minimum Gasteiger partial charge on any atom is -0.483 e. The Hall–Kier alpha value is -0.780. The number of hydrogen-bond donors (Lipinski definition) is 2. The van der Waals surface area contributed by atoms with Crippen LogP contribution in [0, 0.1) is 5.92 Å². The zero-order valence-electron chi connectivity index (χ0n) is 11.6. The summed E-state index contributed by atoms with van der Waals surface area (Å²) in [5.74, 6) is 0.548. The molecule has 2 atom stereocenters. The van der Waals surface area contributed by atoms with E-state index in [-0.39, 0.29) is 24.5 Å². The Labute approximate surface area is 138 Å². The second-order valence-corrected chi connectivity index (χ2v) is 6.57. The Morgan fingerprint density at radius 3 is 2.90 bits per heavy atom. The second-order valence-electron chi connectivity index (χ2n) is 5.28. The van der Waals surface area contributed by atoms with Crippen molar-refractivity contribution in [3.63, 3.8) is 0 Å². The van der Waals surface area contributed by atoms with E-state index in [1.54, 1.807) is 18.2 Å². The molecule has 0 aromatic heterocycles. The van der Waals surface area contributed by atoms with Crippen molar-refractivity contribution in [3.05, 3.63) is 27.7 Å². The molecule has 2 rings (SSSR count). The fraction of sp³-hybridized carbons (Fsp3) is 0.533. The van der Waals surface area contributed by atoms with Gasteiger partial charge in [0.2, 0.25) is 0 Å². The van der Waals surface area contributed by atoms with E-state index in [0.717, 1.165) is 25.7 Å². The zero-order chi connectivity index (χ0) is 15.2. The lowest BCUT2D eigenvalue weighted by Gasteiger charge is -2.27. The molecule has 1 aromatic carbocycles. The van der Waals surface area contributed by atoms with Gasteiger partial charge in [0.05, 0.1) is 10.6 Å². The Morgan fingerprint density at radius 1 is 1.43 bits per heavy atom. The fourth-order valence-electron chi connectivity index (χ4n) is 2.46.